The average molecular weight is 336 g/mol. The van der Waals surface area contributed by atoms with Gasteiger partial charge in [-0.2, -0.15) is 0 Å². The van der Waals surface area contributed by atoms with E-state index in [0.29, 0.717) is 5.13 Å². The molecule has 1 N–H and O–H groups in total. The zero-order valence-electron chi connectivity index (χ0n) is 13.4. The Morgan fingerprint density at radius 1 is 1.25 bits per heavy atom. The summed E-state index contributed by atoms with van der Waals surface area (Å²) in [7, 11) is 0. The molecule has 4 nitrogen and oxygen atoms in total. The summed E-state index contributed by atoms with van der Waals surface area (Å²) in [4.78, 5) is 16.8. The normalized spacial score (nSPS) is 11.2. The van der Waals surface area contributed by atoms with Gasteiger partial charge in [0.1, 0.15) is 5.58 Å². The lowest BCUT2D eigenvalue weighted by molar-refractivity contribution is -0.115. The summed E-state index contributed by atoms with van der Waals surface area (Å²) in [5.74, 6) is -0.0864. The van der Waals surface area contributed by atoms with Crippen LogP contribution in [0.15, 0.2) is 47.1 Å². The maximum absolute atomic E-state index is 12.4. The maximum Gasteiger partial charge on any atom is 0.230 e. The number of aromatic nitrogens is 1. The molecule has 0 unspecified atom stereocenters. The fraction of sp³-hybridized carbons (Fsp3) is 0.158. The lowest BCUT2D eigenvalue weighted by Gasteiger charge is -2.03. The largest absolute Gasteiger partial charge is 0.464 e. The number of carbonyl (C=O) groups excluding carboxylic acids is 1. The Balaban J connectivity index is 1.58. The van der Waals surface area contributed by atoms with Crippen LogP contribution in [-0.4, -0.2) is 10.9 Å². The van der Waals surface area contributed by atoms with E-state index in [1.165, 1.54) is 11.3 Å². The summed E-state index contributed by atoms with van der Waals surface area (Å²) in [5.41, 5.74) is 4.91. The van der Waals surface area contributed by atoms with Crippen molar-refractivity contribution in [1.29, 1.82) is 0 Å². The van der Waals surface area contributed by atoms with E-state index >= 15 is 0 Å². The third-order valence-corrected chi connectivity index (χ3v) is 4.94. The molecule has 1 amide bonds. The van der Waals surface area contributed by atoms with Gasteiger partial charge in [0, 0.05) is 10.9 Å². The van der Waals surface area contributed by atoms with Crippen LogP contribution in [0.1, 0.15) is 16.7 Å². The molecule has 0 atom stereocenters. The molecule has 0 radical (unpaired) electrons. The smallest absolute Gasteiger partial charge is 0.230 e. The molecule has 5 heteroatoms. The first-order valence-electron chi connectivity index (χ1n) is 7.73. The minimum atomic E-state index is -0.0864. The minimum absolute atomic E-state index is 0.0864. The van der Waals surface area contributed by atoms with Crippen molar-refractivity contribution in [3.63, 3.8) is 0 Å². The van der Waals surface area contributed by atoms with Crippen LogP contribution in [0.3, 0.4) is 0 Å². The summed E-state index contributed by atoms with van der Waals surface area (Å²) in [6.45, 7) is 4.08. The molecule has 4 rings (SSSR count). The molecule has 2 heterocycles. The molecule has 0 bridgehead atoms. The summed E-state index contributed by atoms with van der Waals surface area (Å²) in [6, 6.07) is 11.9. The Morgan fingerprint density at radius 2 is 2.08 bits per heavy atom. The number of para-hydroxylation sites is 1. The van der Waals surface area contributed by atoms with Crippen LogP contribution >= 0.6 is 11.3 Å². The monoisotopic (exact) mass is 336 g/mol. The van der Waals surface area contributed by atoms with Gasteiger partial charge in [-0.05, 0) is 43.2 Å². The van der Waals surface area contributed by atoms with Crippen molar-refractivity contribution in [2.24, 2.45) is 0 Å². The van der Waals surface area contributed by atoms with Crippen LogP contribution in [-0.2, 0) is 11.2 Å². The zero-order valence-corrected chi connectivity index (χ0v) is 14.2. The van der Waals surface area contributed by atoms with E-state index in [1.54, 1.807) is 6.26 Å². The van der Waals surface area contributed by atoms with Gasteiger partial charge < -0.3 is 9.73 Å². The molecule has 0 spiro atoms. The van der Waals surface area contributed by atoms with Gasteiger partial charge in [-0.25, -0.2) is 4.98 Å². The lowest BCUT2D eigenvalue weighted by Crippen LogP contribution is -2.14. The molecule has 120 valence electrons. The van der Waals surface area contributed by atoms with E-state index < -0.39 is 0 Å². The second-order valence-electron chi connectivity index (χ2n) is 5.93. The summed E-state index contributed by atoms with van der Waals surface area (Å²) in [6.07, 6.45) is 1.95. The number of thiazole rings is 1. The summed E-state index contributed by atoms with van der Waals surface area (Å²) < 4.78 is 6.68. The topological polar surface area (TPSA) is 55.1 Å². The van der Waals surface area contributed by atoms with Crippen LogP contribution in [0.25, 0.3) is 21.2 Å². The molecule has 0 fully saturated rings. The van der Waals surface area contributed by atoms with E-state index in [4.69, 9.17) is 4.42 Å². The van der Waals surface area contributed by atoms with Crippen molar-refractivity contribution in [3.8, 4) is 0 Å². The van der Waals surface area contributed by atoms with E-state index in [1.807, 2.05) is 44.2 Å². The molecule has 0 aliphatic rings. The number of benzene rings is 2. The Morgan fingerprint density at radius 3 is 2.92 bits per heavy atom. The highest BCUT2D eigenvalue weighted by atomic mass is 32.1. The average Bonchev–Trinajstić information content (AvgIpc) is 3.10. The highest BCUT2D eigenvalue weighted by molar-refractivity contribution is 7.22. The minimum Gasteiger partial charge on any atom is -0.464 e. The number of carbonyl (C=O) groups is 1. The third-order valence-electron chi connectivity index (χ3n) is 3.98. The van der Waals surface area contributed by atoms with Crippen LogP contribution in [0, 0.1) is 13.8 Å². The van der Waals surface area contributed by atoms with Crippen LogP contribution in [0.2, 0.25) is 0 Å². The number of nitrogens with zero attached hydrogens (tertiary/aromatic N) is 1. The van der Waals surface area contributed by atoms with Gasteiger partial charge in [-0.3, -0.25) is 4.79 Å². The summed E-state index contributed by atoms with van der Waals surface area (Å²) in [5, 5.41) is 4.55. The van der Waals surface area contributed by atoms with Gasteiger partial charge in [0.2, 0.25) is 5.91 Å². The Labute approximate surface area is 143 Å². The number of hydrogen-bond acceptors (Lipinski definition) is 4. The van der Waals surface area contributed by atoms with E-state index in [0.717, 1.165) is 37.9 Å². The summed E-state index contributed by atoms with van der Waals surface area (Å²) >= 11 is 1.48. The third kappa shape index (κ3) is 2.67. The van der Waals surface area contributed by atoms with Crippen molar-refractivity contribution in [2.45, 2.75) is 20.3 Å². The van der Waals surface area contributed by atoms with Crippen LogP contribution in [0.4, 0.5) is 5.13 Å². The van der Waals surface area contributed by atoms with Crippen molar-refractivity contribution in [1.82, 2.24) is 4.98 Å². The molecule has 4 aromatic rings. The van der Waals surface area contributed by atoms with E-state index in [-0.39, 0.29) is 12.3 Å². The zero-order chi connectivity index (χ0) is 16.7. The quantitative estimate of drug-likeness (QED) is 0.582. The predicted molar refractivity (Wildman–Crippen MR) is 97.6 cm³/mol. The first-order chi connectivity index (χ1) is 11.6. The maximum atomic E-state index is 12.4. The molecule has 0 aliphatic carbocycles. The van der Waals surface area contributed by atoms with Gasteiger partial charge in [0.15, 0.2) is 5.13 Å². The molecule has 24 heavy (non-hydrogen) atoms. The number of furan rings is 1. The van der Waals surface area contributed by atoms with Crippen molar-refractivity contribution in [2.75, 3.05) is 5.32 Å². The molecule has 2 aromatic heterocycles. The van der Waals surface area contributed by atoms with Gasteiger partial charge in [-0.1, -0.05) is 29.5 Å². The number of rotatable bonds is 3. The molecule has 0 saturated heterocycles. The highest BCUT2D eigenvalue weighted by Gasteiger charge is 2.14. The predicted octanol–water partition coefficient (Wildman–Crippen LogP) is 4.84. The molecule has 2 aromatic carbocycles. The van der Waals surface area contributed by atoms with Crippen molar-refractivity contribution < 1.29 is 9.21 Å². The standard InChI is InChI=1S/C19H16N2O2S/c1-11-7-12(2)18-13(10-23-15(18)8-11)9-17(22)21-19-20-14-5-3-4-6-16(14)24-19/h3-8,10H,9H2,1-2H3,(H,20,21,22). The van der Waals surface area contributed by atoms with Crippen molar-refractivity contribution >= 4 is 43.6 Å². The van der Waals surface area contributed by atoms with Crippen LogP contribution < -0.4 is 5.32 Å². The second kappa shape index (κ2) is 5.76. The number of aryl methyl sites for hydroxylation is 2. The SMILES string of the molecule is Cc1cc(C)c2c(CC(=O)Nc3nc4ccccc4s3)coc2c1. The number of amides is 1. The first kappa shape index (κ1) is 14.9. The van der Waals surface area contributed by atoms with Gasteiger partial charge in [0.05, 0.1) is 22.9 Å². The molecule has 0 aliphatic heterocycles. The highest BCUT2D eigenvalue weighted by Crippen LogP contribution is 2.28. The Hall–Kier alpha value is -2.66. The fourth-order valence-electron chi connectivity index (χ4n) is 3.02. The second-order valence-corrected chi connectivity index (χ2v) is 6.96. The van der Waals surface area contributed by atoms with Crippen LogP contribution in [0.5, 0.6) is 0 Å². The number of anilines is 1. The van der Waals surface area contributed by atoms with Crippen molar-refractivity contribution in [3.05, 3.63) is 59.4 Å². The van der Waals surface area contributed by atoms with Gasteiger partial charge in [-0.15, -0.1) is 0 Å². The Kier molecular flexibility index (Phi) is 3.58. The fourth-order valence-corrected chi connectivity index (χ4v) is 3.90. The molecule has 0 saturated carbocycles. The number of nitrogens with one attached hydrogen (secondary N) is 1. The molecular formula is C19H16N2O2S. The Bertz CT molecular complexity index is 1030. The van der Waals surface area contributed by atoms with E-state index in [2.05, 4.69) is 16.4 Å². The molecular weight excluding hydrogens is 320 g/mol. The van der Waals surface area contributed by atoms with Gasteiger partial charge >= 0.3 is 0 Å². The first-order valence-corrected chi connectivity index (χ1v) is 8.54. The number of hydrogen-bond donors (Lipinski definition) is 1. The van der Waals surface area contributed by atoms with E-state index in [9.17, 15) is 4.79 Å². The van der Waals surface area contributed by atoms with Gasteiger partial charge in [0.25, 0.3) is 0 Å². The number of fused-ring (bicyclic) bond motifs is 2. The lowest BCUT2D eigenvalue weighted by atomic mass is 10.0.